The molecular weight excluding hydrogens is 302 g/mol. The van der Waals surface area contributed by atoms with Gasteiger partial charge in [-0.25, -0.2) is 4.79 Å². The normalized spacial score (nSPS) is 10.8. The predicted molar refractivity (Wildman–Crippen MR) is 83.8 cm³/mol. The number of methoxy groups -OCH3 is 2. The van der Waals surface area contributed by atoms with Gasteiger partial charge in [-0.1, -0.05) is 17.2 Å². The van der Waals surface area contributed by atoms with E-state index in [9.17, 15) is 4.79 Å². The number of rotatable bonds is 10. The summed E-state index contributed by atoms with van der Waals surface area (Å²) in [6.07, 6.45) is 1.43. The van der Waals surface area contributed by atoms with Gasteiger partial charge in [0.15, 0.2) is 0 Å². The van der Waals surface area contributed by atoms with E-state index in [1.165, 1.54) is 13.2 Å². The Morgan fingerprint density at radius 1 is 1.17 bits per heavy atom. The Morgan fingerprint density at radius 2 is 1.87 bits per heavy atom. The van der Waals surface area contributed by atoms with Crippen LogP contribution in [0.15, 0.2) is 35.1 Å². The fourth-order valence-corrected chi connectivity index (χ4v) is 1.56. The van der Waals surface area contributed by atoms with Crippen LogP contribution in [0.4, 0.5) is 0 Å². The van der Waals surface area contributed by atoms with Crippen LogP contribution in [0.25, 0.3) is 16.5 Å². The third-order valence-electron chi connectivity index (χ3n) is 2.66. The van der Waals surface area contributed by atoms with E-state index in [2.05, 4.69) is 14.8 Å². The summed E-state index contributed by atoms with van der Waals surface area (Å²) >= 11 is 0. The monoisotopic (exact) mass is 321 g/mol. The van der Waals surface area contributed by atoms with Crippen molar-refractivity contribution in [3.8, 4) is 5.75 Å². The smallest absolute Gasteiger partial charge is 0.340 e. The molecule has 124 valence electrons. The van der Waals surface area contributed by atoms with Crippen molar-refractivity contribution >= 4 is 12.0 Å². The molecule has 0 N–H and O–H groups in total. The predicted octanol–water partition coefficient (Wildman–Crippen LogP) is 2.55. The van der Waals surface area contributed by atoms with Gasteiger partial charge in [-0.15, -0.1) is 0 Å². The van der Waals surface area contributed by atoms with Crippen LogP contribution in [0, 0.1) is 0 Å². The van der Waals surface area contributed by atoms with Gasteiger partial charge in [-0.3, -0.25) is 0 Å². The molecule has 0 fully saturated rings. The van der Waals surface area contributed by atoms with Crippen LogP contribution < -0.4 is 4.74 Å². The van der Waals surface area contributed by atoms with E-state index in [0.29, 0.717) is 37.7 Å². The molecule has 1 aromatic carbocycles. The van der Waals surface area contributed by atoms with Crippen LogP contribution in [0.3, 0.4) is 0 Å². The molecule has 0 bridgehead atoms. The summed E-state index contributed by atoms with van der Waals surface area (Å²) in [7, 11) is 2.83. The molecule has 0 saturated heterocycles. The van der Waals surface area contributed by atoms with Crippen LogP contribution in [-0.2, 0) is 19.0 Å². The van der Waals surface area contributed by atoms with Gasteiger partial charge >= 0.3 is 5.97 Å². The molecule has 0 heterocycles. The van der Waals surface area contributed by atoms with Crippen molar-refractivity contribution in [2.24, 2.45) is 5.11 Å². The molecule has 0 aliphatic heterocycles. The quantitative estimate of drug-likeness (QED) is 0.164. The van der Waals surface area contributed by atoms with Crippen LogP contribution >= 0.6 is 0 Å². The Bertz CT molecular complexity index is 565. The van der Waals surface area contributed by atoms with Gasteiger partial charge in [-0.05, 0) is 29.3 Å². The Kier molecular flexibility index (Phi) is 8.92. The standard InChI is InChI=1S/C15H19N3O5/c1-20-7-8-22-9-10-23-13-5-3-12(4-6-13)11-14(17-18-16)15(19)21-2/h3-6,11H,7-10H2,1-2H3/b14-11-. The van der Waals surface area contributed by atoms with E-state index < -0.39 is 5.97 Å². The summed E-state index contributed by atoms with van der Waals surface area (Å²) < 4.78 is 20.2. The molecule has 1 rings (SSSR count). The average molecular weight is 321 g/mol. The molecule has 23 heavy (non-hydrogen) atoms. The zero-order chi connectivity index (χ0) is 16.9. The number of carbonyl (C=O) groups is 1. The minimum atomic E-state index is -0.698. The minimum absolute atomic E-state index is 0.116. The topological polar surface area (TPSA) is 103 Å². The highest BCUT2D eigenvalue weighted by atomic mass is 16.5. The van der Waals surface area contributed by atoms with E-state index in [1.807, 2.05) is 0 Å². The van der Waals surface area contributed by atoms with Crippen molar-refractivity contribution in [1.29, 1.82) is 0 Å². The van der Waals surface area contributed by atoms with E-state index in [4.69, 9.17) is 19.7 Å². The number of nitrogens with zero attached hydrogens (tertiary/aromatic N) is 3. The first kappa shape index (κ1) is 18.5. The molecule has 0 aliphatic carbocycles. The molecule has 8 heteroatoms. The lowest BCUT2D eigenvalue weighted by molar-refractivity contribution is -0.136. The first-order valence-corrected chi connectivity index (χ1v) is 6.86. The Balaban J connectivity index is 2.55. The largest absolute Gasteiger partial charge is 0.491 e. The van der Waals surface area contributed by atoms with Crippen molar-refractivity contribution in [1.82, 2.24) is 0 Å². The number of esters is 1. The van der Waals surface area contributed by atoms with Gasteiger partial charge in [0.05, 0.1) is 26.9 Å². The fraction of sp³-hybridized carbons (Fsp3) is 0.400. The second-order valence-corrected chi connectivity index (χ2v) is 4.23. The lowest BCUT2D eigenvalue weighted by Gasteiger charge is -2.07. The lowest BCUT2D eigenvalue weighted by atomic mass is 10.2. The van der Waals surface area contributed by atoms with E-state index in [0.717, 1.165) is 0 Å². The third-order valence-corrected chi connectivity index (χ3v) is 2.66. The molecule has 0 aliphatic rings. The van der Waals surface area contributed by atoms with Crippen molar-refractivity contribution < 1.29 is 23.7 Å². The van der Waals surface area contributed by atoms with Gasteiger partial charge in [0.2, 0.25) is 0 Å². The molecule has 8 nitrogen and oxygen atoms in total. The highest BCUT2D eigenvalue weighted by Gasteiger charge is 2.07. The number of benzene rings is 1. The summed E-state index contributed by atoms with van der Waals surface area (Å²) in [6.45, 7) is 1.97. The van der Waals surface area contributed by atoms with Crippen LogP contribution in [0.5, 0.6) is 5.75 Å². The zero-order valence-corrected chi connectivity index (χ0v) is 13.1. The number of hydrogen-bond acceptors (Lipinski definition) is 6. The maximum absolute atomic E-state index is 11.4. The SMILES string of the molecule is COCCOCCOc1ccc(/C=C(\N=[N+]=[N-])C(=O)OC)cc1. The zero-order valence-electron chi connectivity index (χ0n) is 13.1. The molecule has 0 atom stereocenters. The second-order valence-electron chi connectivity index (χ2n) is 4.23. The first-order valence-electron chi connectivity index (χ1n) is 6.86. The maximum atomic E-state index is 11.4. The number of carbonyl (C=O) groups excluding carboxylic acids is 1. The fourth-order valence-electron chi connectivity index (χ4n) is 1.56. The number of ether oxygens (including phenoxy) is 4. The van der Waals surface area contributed by atoms with Crippen molar-refractivity contribution in [2.45, 2.75) is 0 Å². The average Bonchev–Trinajstić information content (AvgIpc) is 2.58. The van der Waals surface area contributed by atoms with Gasteiger partial charge in [-0.2, -0.15) is 0 Å². The van der Waals surface area contributed by atoms with E-state index >= 15 is 0 Å². The molecular formula is C15H19N3O5. The van der Waals surface area contributed by atoms with Crippen molar-refractivity contribution in [3.05, 3.63) is 46.0 Å². The van der Waals surface area contributed by atoms with Gasteiger partial charge < -0.3 is 18.9 Å². The Hall–Kier alpha value is -2.54. The van der Waals surface area contributed by atoms with Crippen molar-refractivity contribution in [2.75, 3.05) is 40.6 Å². The molecule has 0 aromatic heterocycles. The van der Waals surface area contributed by atoms with Crippen LogP contribution in [0.2, 0.25) is 0 Å². The van der Waals surface area contributed by atoms with Crippen molar-refractivity contribution in [3.63, 3.8) is 0 Å². The summed E-state index contributed by atoms with van der Waals surface area (Å²) in [5, 5.41) is 3.31. The summed E-state index contributed by atoms with van der Waals surface area (Å²) in [4.78, 5) is 14.0. The number of hydrogen-bond donors (Lipinski definition) is 0. The molecule has 0 radical (unpaired) electrons. The highest BCUT2D eigenvalue weighted by molar-refractivity contribution is 5.93. The summed E-state index contributed by atoms with van der Waals surface area (Å²) in [5.41, 5.74) is 9.01. The lowest BCUT2D eigenvalue weighted by Crippen LogP contribution is -2.09. The van der Waals surface area contributed by atoms with E-state index in [-0.39, 0.29) is 5.70 Å². The Morgan fingerprint density at radius 3 is 2.48 bits per heavy atom. The molecule has 0 saturated carbocycles. The van der Waals surface area contributed by atoms with Crippen LogP contribution in [-0.4, -0.2) is 46.6 Å². The second kappa shape index (κ2) is 11.1. The number of azide groups is 1. The minimum Gasteiger partial charge on any atom is -0.491 e. The first-order chi connectivity index (χ1) is 11.2. The third kappa shape index (κ3) is 7.32. The van der Waals surface area contributed by atoms with Gasteiger partial charge in [0.25, 0.3) is 0 Å². The summed E-state index contributed by atoms with van der Waals surface area (Å²) in [5.74, 6) is -0.0303. The molecule has 0 unspecified atom stereocenters. The van der Waals surface area contributed by atoms with Gasteiger partial charge in [0.1, 0.15) is 18.1 Å². The van der Waals surface area contributed by atoms with Gasteiger partial charge in [0, 0.05) is 12.0 Å². The molecule has 0 spiro atoms. The Labute approximate surface area is 134 Å². The molecule has 1 aromatic rings. The highest BCUT2D eigenvalue weighted by Crippen LogP contribution is 2.15. The van der Waals surface area contributed by atoms with Crippen LogP contribution in [0.1, 0.15) is 5.56 Å². The molecule has 0 amide bonds. The van der Waals surface area contributed by atoms with E-state index in [1.54, 1.807) is 31.4 Å². The summed E-state index contributed by atoms with van der Waals surface area (Å²) in [6, 6.07) is 6.95. The maximum Gasteiger partial charge on any atom is 0.340 e.